The smallest absolute Gasteiger partial charge is 0.305 e. The highest BCUT2D eigenvalue weighted by Gasteiger charge is 2.21. The Morgan fingerprint density at radius 3 is 2.73 bits per heavy atom. The van der Waals surface area contributed by atoms with E-state index in [0.29, 0.717) is 5.76 Å². The lowest BCUT2D eigenvalue weighted by Gasteiger charge is -2.16. The number of halogens is 1. The summed E-state index contributed by atoms with van der Waals surface area (Å²) in [6, 6.07) is 7.80. The highest BCUT2D eigenvalue weighted by molar-refractivity contribution is 5.96. The zero-order chi connectivity index (χ0) is 15.9. The van der Waals surface area contributed by atoms with Crippen LogP contribution < -0.4 is 10.6 Å². The molecule has 1 atom stereocenters. The number of furan rings is 1. The molecule has 1 aromatic carbocycles. The fourth-order valence-corrected chi connectivity index (χ4v) is 1.86. The van der Waals surface area contributed by atoms with Crippen LogP contribution in [0.25, 0.3) is 0 Å². The molecule has 1 heterocycles. The molecule has 0 saturated heterocycles. The molecule has 1 aromatic heterocycles. The summed E-state index contributed by atoms with van der Waals surface area (Å²) in [6.45, 7) is 0.210. The van der Waals surface area contributed by atoms with Gasteiger partial charge in [0.05, 0.1) is 25.3 Å². The van der Waals surface area contributed by atoms with Crippen LogP contribution in [-0.2, 0) is 16.1 Å². The summed E-state index contributed by atoms with van der Waals surface area (Å²) in [5, 5.41) is 14.2. The van der Waals surface area contributed by atoms with Crippen molar-refractivity contribution in [2.24, 2.45) is 0 Å². The Hall–Kier alpha value is -2.67. The number of carboxylic acids is 1. The van der Waals surface area contributed by atoms with Crippen LogP contribution in [0.3, 0.4) is 0 Å². The highest BCUT2D eigenvalue weighted by atomic mass is 19.1. The van der Waals surface area contributed by atoms with E-state index >= 15 is 0 Å². The maximum atomic E-state index is 13.1. The molecule has 0 saturated carbocycles. The van der Waals surface area contributed by atoms with Crippen LogP contribution in [0.4, 0.5) is 10.1 Å². The minimum absolute atomic E-state index is 0.210. The molecule has 0 fully saturated rings. The number of aliphatic carboxylic acids is 1. The molecule has 3 N–H and O–H groups in total. The van der Waals surface area contributed by atoms with Crippen molar-refractivity contribution in [3.63, 3.8) is 0 Å². The lowest BCUT2D eigenvalue weighted by Crippen LogP contribution is -2.41. The Kier molecular flexibility index (Phi) is 5.26. The van der Waals surface area contributed by atoms with Gasteiger partial charge in [0.2, 0.25) is 5.91 Å². The molecule has 0 radical (unpaired) electrons. The standard InChI is InChI=1S/C15H15FN2O4/c16-10-3-1-4-11(7-10)18-15(21)13(8-14(19)20)17-9-12-5-2-6-22-12/h1-7,13,17H,8-9H2,(H,18,21)(H,19,20)/t13-/m1/s1. The molecule has 0 unspecified atom stereocenters. The number of nitrogens with one attached hydrogen (secondary N) is 2. The number of anilines is 1. The molecule has 7 heteroatoms. The first-order valence-corrected chi connectivity index (χ1v) is 6.58. The predicted octanol–water partition coefficient (Wildman–Crippen LogP) is 1.99. The van der Waals surface area contributed by atoms with E-state index in [1.807, 2.05) is 0 Å². The van der Waals surface area contributed by atoms with Crippen LogP contribution >= 0.6 is 0 Å². The van der Waals surface area contributed by atoms with E-state index < -0.39 is 30.2 Å². The van der Waals surface area contributed by atoms with Crippen molar-refractivity contribution in [3.8, 4) is 0 Å². The molecule has 0 spiro atoms. The number of rotatable bonds is 7. The first-order chi connectivity index (χ1) is 10.5. The van der Waals surface area contributed by atoms with Crippen LogP contribution in [0.5, 0.6) is 0 Å². The molecular weight excluding hydrogens is 291 g/mol. The van der Waals surface area contributed by atoms with Gasteiger partial charge >= 0.3 is 5.97 Å². The minimum Gasteiger partial charge on any atom is -0.481 e. The van der Waals surface area contributed by atoms with Gasteiger partial charge < -0.3 is 14.8 Å². The first-order valence-electron chi connectivity index (χ1n) is 6.58. The van der Waals surface area contributed by atoms with Crippen molar-refractivity contribution in [2.45, 2.75) is 19.0 Å². The number of hydrogen-bond acceptors (Lipinski definition) is 4. The zero-order valence-corrected chi connectivity index (χ0v) is 11.6. The molecule has 2 aromatic rings. The topological polar surface area (TPSA) is 91.6 Å². The van der Waals surface area contributed by atoms with Crippen LogP contribution in [0.1, 0.15) is 12.2 Å². The largest absolute Gasteiger partial charge is 0.481 e. The van der Waals surface area contributed by atoms with Crippen molar-refractivity contribution in [1.29, 1.82) is 0 Å². The van der Waals surface area contributed by atoms with Crippen molar-refractivity contribution in [2.75, 3.05) is 5.32 Å². The summed E-state index contributed by atoms with van der Waals surface area (Å²) >= 11 is 0. The van der Waals surface area contributed by atoms with Crippen LogP contribution in [0, 0.1) is 5.82 Å². The number of carbonyl (C=O) groups is 2. The molecule has 0 aliphatic heterocycles. The van der Waals surface area contributed by atoms with E-state index in [1.165, 1.54) is 24.5 Å². The second-order valence-electron chi connectivity index (χ2n) is 4.61. The van der Waals surface area contributed by atoms with Gasteiger partial charge in [0.15, 0.2) is 0 Å². The SMILES string of the molecule is O=C(O)C[C@@H](NCc1ccco1)C(=O)Nc1cccc(F)c1. The maximum absolute atomic E-state index is 13.1. The van der Waals surface area contributed by atoms with Gasteiger partial charge in [-0.1, -0.05) is 6.07 Å². The second-order valence-corrected chi connectivity index (χ2v) is 4.61. The Bertz CT molecular complexity index is 643. The minimum atomic E-state index is -1.12. The average molecular weight is 306 g/mol. The third kappa shape index (κ3) is 4.71. The van der Waals surface area contributed by atoms with Gasteiger partial charge in [0.1, 0.15) is 11.6 Å². The summed E-state index contributed by atoms with van der Waals surface area (Å²) in [5.41, 5.74) is 0.264. The number of amides is 1. The molecule has 1 amide bonds. The number of hydrogen-bond donors (Lipinski definition) is 3. The third-order valence-corrected chi connectivity index (χ3v) is 2.89. The molecule has 6 nitrogen and oxygen atoms in total. The average Bonchev–Trinajstić information content (AvgIpc) is 2.96. The van der Waals surface area contributed by atoms with Crippen molar-refractivity contribution < 1.29 is 23.5 Å². The lowest BCUT2D eigenvalue weighted by atomic mass is 10.1. The number of carbonyl (C=O) groups excluding carboxylic acids is 1. The van der Waals surface area contributed by atoms with Crippen molar-refractivity contribution in [3.05, 3.63) is 54.2 Å². The van der Waals surface area contributed by atoms with Crippen LogP contribution in [0.2, 0.25) is 0 Å². The summed E-state index contributed by atoms with van der Waals surface area (Å²) < 4.78 is 18.2. The fourth-order valence-electron chi connectivity index (χ4n) is 1.86. The normalized spacial score (nSPS) is 11.9. The molecule has 0 aliphatic carbocycles. The predicted molar refractivity (Wildman–Crippen MR) is 76.6 cm³/mol. The molecule has 2 rings (SSSR count). The summed E-state index contributed by atoms with van der Waals surface area (Å²) in [6.07, 6.45) is 1.08. The quantitative estimate of drug-likeness (QED) is 0.727. The van der Waals surface area contributed by atoms with Crippen molar-refractivity contribution >= 4 is 17.6 Å². The van der Waals surface area contributed by atoms with Gasteiger partial charge in [-0.3, -0.25) is 14.9 Å². The van der Waals surface area contributed by atoms with Gasteiger partial charge in [0.25, 0.3) is 0 Å². The van der Waals surface area contributed by atoms with E-state index in [4.69, 9.17) is 9.52 Å². The molecule has 0 aliphatic rings. The number of benzene rings is 1. The van der Waals surface area contributed by atoms with Gasteiger partial charge in [-0.25, -0.2) is 4.39 Å². The Morgan fingerprint density at radius 2 is 2.09 bits per heavy atom. The van der Waals surface area contributed by atoms with E-state index in [0.717, 1.165) is 6.07 Å². The Morgan fingerprint density at radius 1 is 1.27 bits per heavy atom. The highest BCUT2D eigenvalue weighted by Crippen LogP contribution is 2.10. The lowest BCUT2D eigenvalue weighted by molar-refractivity contribution is -0.139. The Balaban J connectivity index is 2.00. The summed E-state index contributed by atoms with van der Waals surface area (Å²) in [5.74, 6) is -1.59. The molecular formula is C15H15FN2O4. The van der Waals surface area contributed by atoms with Crippen LogP contribution in [0.15, 0.2) is 47.1 Å². The van der Waals surface area contributed by atoms with E-state index in [2.05, 4.69) is 10.6 Å². The first kappa shape index (κ1) is 15.7. The Labute approximate surface area is 125 Å². The third-order valence-electron chi connectivity index (χ3n) is 2.89. The second kappa shape index (κ2) is 7.37. The molecule has 0 bridgehead atoms. The number of carboxylic acid groups (broad SMARTS) is 1. The molecule has 22 heavy (non-hydrogen) atoms. The van der Waals surface area contributed by atoms with E-state index in [-0.39, 0.29) is 12.2 Å². The van der Waals surface area contributed by atoms with E-state index in [1.54, 1.807) is 12.1 Å². The summed E-state index contributed by atoms with van der Waals surface area (Å²) in [7, 11) is 0. The molecule has 116 valence electrons. The fraction of sp³-hybridized carbons (Fsp3) is 0.200. The van der Waals surface area contributed by atoms with Gasteiger partial charge in [-0.2, -0.15) is 0 Å². The summed E-state index contributed by atoms with van der Waals surface area (Å²) in [4.78, 5) is 23.0. The van der Waals surface area contributed by atoms with E-state index in [9.17, 15) is 14.0 Å². The van der Waals surface area contributed by atoms with Gasteiger partial charge in [-0.05, 0) is 30.3 Å². The van der Waals surface area contributed by atoms with Crippen molar-refractivity contribution in [1.82, 2.24) is 5.32 Å². The van der Waals surface area contributed by atoms with Crippen LogP contribution in [-0.4, -0.2) is 23.0 Å². The van der Waals surface area contributed by atoms with Gasteiger partial charge in [0, 0.05) is 5.69 Å². The zero-order valence-electron chi connectivity index (χ0n) is 11.6. The maximum Gasteiger partial charge on any atom is 0.305 e. The van der Waals surface area contributed by atoms with Gasteiger partial charge in [-0.15, -0.1) is 0 Å². The monoisotopic (exact) mass is 306 g/mol.